The second kappa shape index (κ2) is 9.98. The molecule has 0 aliphatic carbocycles. The molecule has 1 heterocycles. The molecule has 0 bridgehead atoms. The molecule has 0 saturated heterocycles. The van der Waals surface area contributed by atoms with E-state index in [1.807, 2.05) is 6.92 Å². The fourth-order valence-electron chi connectivity index (χ4n) is 3.81. The number of anilines is 2. The van der Waals surface area contributed by atoms with Gasteiger partial charge in [0.15, 0.2) is 0 Å². The van der Waals surface area contributed by atoms with Gasteiger partial charge < -0.3 is 19.7 Å². The molecule has 0 aromatic heterocycles. The van der Waals surface area contributed by atoms with Crippen molar-refractivity contribution in [2.24, 2.45) is 0 Å². The van der Waals surface area contributed by atoms with Crippen LogP contribution in [-0.4, -0.2) is 47.0 Å². The number of hydrogen-bond acceptors (Lipinski definition) is 6. The number of methoxy groups -OCH3 is 2. The summed E-state index contributed by atoms with van der Waals surface area (Å²) in [5.41, 5.74) is 1.86. The second-order valence-electron chi connectivity index (χ2n) is 7.62. The highest BCUT2D eigenvalue weighted by Crippen LogP contribution is 2.36. The van der Waals surface area contributed by atoms with Gasteiger partial charge in [0.1, 0.15) is 11.5 Å². The average molecular weight is 496 g/mol. The number of sulfonamides is 1. The van der Waals surface area contributed by atoms with Gasteiger partial charge in [-0.25, -0.2) is 13.1 Å². The Morgan fingerprint density at radius 2 is 1.85 bits per heavy atom. The van der Waals surface area contributed by atoms with E-state index in [1.165, 1.54) is 33.3 Å². The summed E-state index contributed by atoms with van der Waals surface area (Å²) in [6, 6.07) is 7.68. The van der Waals surface area contributed by atoms with Gasteiger partial charge in [-0.05, 0) is 43.2 Å². The predicted molar refractivity (Wildman–Crippen MR) is 126 cm³/mol. The minimum absolute atomic E-state index is 0.0319. The fourth-order valence-corrected chi connectivity index (χ4v) is 5.13. The number of hydrogen-bond donors (Lipinski definition) is 2. The van der Waals surface area contributed by atoms with Crippen molar-refractivity contribution in [2.75, 3.05) is 31.0 Å². The quantitative estimate of drug-likeness (QED) is 0.582. The van der Waals surface area contributed by atoms with Crippen LogP contribution in [-0.2, 0) is 26.0 Å². The Bertz CT molecular complexity index is 1180. The molecule has 2 N–H and O–H groups in total. The molecule has 1 atom stereocenters. The molecule has 2 amide bonds. The summed E-state index contributed by atoms with van der Waals surface area (Å²) in [5, 5.41) is 2.95. The Hall–Kier alpha value is -2.82. The van der Waals surface area contributed by atoms with Crippen LogP contribution in [0.3, 0.4) is 0 Å². The molecule has 0 fully saturated rings. The first kappa shape index (κ1) is 24.8. The summed E-state index contributed by atoms with van der Waals surface area (Å²) in [4.78, 5) is 26.0. The zero-order valence-corrected chi connectivity index (χ0v) is 20.3. The summed E-state index contributed by atoms with van der Waals surface area (Å²) in [6.45, 7) is 3.29. The third-order valence-electron chi connectivity index (χ3n) is 5.31. The minimum Gasteiger partial charge on any atom is -0.495 e. The van der Waals surface area contributed by atoms with E-state index in [0.29, 0.717) is 28.6 Å². The number of rotatable bonds is 8. The number of carbonyl (C=O) groups excluding carboxylic acids is 2. The summed E-state index contributed by atoms with van der Waals surface area (Å²) in [7, 11) is -0.922. The van der Waals surface area contributed by atoms with Crippen molar-refractivity contribution >= 4 is 44.8 Å². The lowest BCUT2D eigenvalue weighted by Crippen LogP contribution is -2.33. The van der Waals surface area contributed by atoms with E-state index in [9.17, 15) is 18.0 Å². The van der Waals surface area contributed by atoms with E-state index in [-0.39, 0.29) is 29.8 Å². The molecule has 178 valence electrons. The van der Waals surface area contributed by atoms with Crippen LogP contribution < -0.4 is 24.4 Å². The smallest absolute Gasteiger partial charge is 0.240 e. The highest BCUT2D eigenvalue weighted by atomic mass is 35.5. The molecular weight excluding hydrogens is 470 g/mol. The van der Waals surface area contributed by atoms with Crippen LogP contribution >= 0.6 is 11.6 Å². The molecule has 0 radical (unpaired) electrons. The molecule has 3 rings (SSSR count). The fraction of sp³-hybridized carbons (Fsp3) is 0.364. The van der Waals surface area contributed by atoms with Crippen LogP contribution in [0.1, 0.15) is 25.8 Å². The maximum Gasteiger partial charge on any atom is 0.240 e. The number of amides is 2. The predicted octanol–water partition coefficient (Wildman–Crippen LogP) is 2.96. The summed E-state index contributed by atoms with van der Waals surface area (Å²) >= 11 is 6.10. The maximum atomic E-state index is 12.7. The molecule has 0 unspecified atom stereocenters. The van der Waals surface area contributed by atoms with Crippen LogP contribution in [0.5, 0.6) is 11.5 Å². The number of nitrogens with one attached hydrogen (secondary N) is 2. The molecule has 2 aromatic rings. The summed E-state index contributed by atoms with van der Waals surface area (Å²) in [6.07, 6.45) is 0.471. The van der Waals surface area contributed by atoms with E-state index in [1.54, 1.807) is 23.1 Å². The van der Waals surface area contributed by atoms with Gasteiger partial charge in [-0.1, -0.05) is 11.6 Å². The van der Waals surface area contributed by atoms with Gasteiger partial charge in [0.05, 0.1) is 29.8 Å². The topological polar surface area (TPSA) is 114 Å². The van der Waals surface area contributed by atoms with Gasteiger partial charge in [0.2, 0.25) is 21.8 Å². The Morgan fingerprint density at radius 1 is 1.15 bits per heavy atom. The van der Waals surface area contributed by atoms with Crippen molar-refractivity contribution in [1.29, 1.82) is 0 Å². The zero-order valence-electron chi connectivity index (χ0n) is 18.8. The van der Waals surface area contributed by atoms with E-state index >= 15 is 0 Å². The average Bonchev–Trinajstić information content (AvgIpc) is 3.08. The minimum atomic E-state index is -3.83. The first-order valence-corrected chi connectivity index (χ1v) is 12.1. The Labute approximate surface area is 198 Å². The van der Waals surface area contributed by atoms with Gasteiger partial charge in [-0.2, -0.15) is 0 Å². The Kier molecular flexibility index (Phi) is 7.51. The highest BCUT2D eigenvalue weighted by molar-refractivity contribution is 7.89. The van der Waals surface area contributed by atoms with Crippen molar-refractivity contribution in [3.05, 3.63) is 40.9 Å². The monoisotopic (exact) mass is 495 g/mol. The van der Waals surface area contributed by atoms with Gasteiger partial charge in [0, 0.05) is 37.7 Å². The number of carbonyl (C=O) groups is 2. The lowest BCUT2D eigenvalue weighted by molar-refractivity contribution is -0.117. The number of fused-ring (bicyclic) bond motifs is 1. The van der Waals surface area contributed by atoms with Gasteiger partial charge in [0.25, 0.3) is 0 Å². The molecular formula is C22H26ClN3O6S. The number of nitrogens with zero attached hydrogens (tertiary/aromatic N) is 1. The van der Waals surface area contributed by atoms with Gasteiger partial charge in [-0.3, -0.25) is 9.59 Å². The van der Waals surface area contributed by atoms with Crippen LogP contribution in [0.25, 0.3) is 0 Å². The van der Waals surface area contributed by atoms with E-state index in [4.69, 9.17) is 21.1 Å². The van der Waals surface area contributed by atoms with Crippen molar-refractivity contribution in [2.45, 2.75) is 37.6 Å². The molecule has 33 heavy (non-hydrogen) atoms. The first-order chi connectivity index (χ1) is 15.6. The van der Waals surface area contributed by atoms with Gasteiger partial charge >= 0.3 is 0 Å². The SMILES string of the molecule is COc1cc(OC)c(NC(=O)CCNS(=O)(=O)c2ccc3c(c2)C[C@@H](C)N3C(C)=O)cc1Cl. The van der Waals surface area contributed by atoms with E-state index in [0.717, 1.165) is 11.3 Å². The number of ether oxygens (including phenoxy) is 2. The highest BCUT2D eigenvalue weighted by Gasteiger charge is 2.30. The lowest BCUT2D eigenvalue weighted by atomic mass is 10.1. The molecule has 0 saturated carbocycles. The number of benzene rings is 2. The zero-order chi connectivity index (χ0) is 24.3. The number of halogens is 1. The van der Waals surface area contributed by atoms with Crippen LogP contribution in [0.2, 0.25) is 5.02 Å². The first-order valence-electron chi connectivity index (χ1n) is 10.2. The van der Waals surface area contributed by atoms with Crippen molar-refractivity contribution in [3.63, 3.8) is 0 Å². The molecule has 2 aromatic carbocycles. The van der Waals surface area contributed by atoms with Crippen molar-refractivity contribution in [3.8, 4) is 11.5 Å². The van der Waals surface area contributed by atoms with Crippen molar-refractivity contribution < 1.29 is 27.5 Å². The van der Waals surface area contributed by atoms with E-state index < -0.39 is 15.9 Å². The van der Waals surface area contributed by atoms with Crippen LogP contribution in [0, 0.1) is 0 Å². The van der Waals surface area contributed by atoms with Crippen LogP contribution in [0.4, 0.5) is 11.4 Å². The molecule has 11 heteroatoms. The normalized spacial score (nSPS) is 15.2. The van der Waals surface area contributed by atoms with Crippen LogP contribution in [0.15, 0.2) is 35.2 Å². The molecule has 1 aliphatic rings. The van der Waals surface area contributed by atoms with Gasteiger partial charge in [-0.15, -0.1) is 0 Å². The second-order valence-corrected chi connectivity index (χ2v) is 9.79. The lowest BCUT2D eigenvalue weighted by Gasteiger charge is -2.20. The van der Waals surface area contributed by atoms with Crippen molar-refractivity contribution in [1.82, 2.24) is 4.72 Å². The summed E-state index contributed by atoms with van der Waals surface area (Å²) < 4.78 is 38.2. The molecule has 1 aliphatic heterocycles. The van der Waals surface area contributed by atoms with E-state index in [2.05, 4.69) is 10.0 Å². The maximum absolute atomic E-state index is 12.7. The molecule has 9 nitrogen and oxygen atoms in total. The Balaban J connectivity index is 1.63. The third-order valence-corrected chi connectivity index (χ3v) is 7.06. The standard InChI is InChI=1S/C22H26ClN3O6S/c1-13-9-15-10-16(5-6-19(15)26(13)14(2)27)33(29,30)24-8-7-22(28)25-18-11-17(23)20(31-3)12-21(18)32-4/h5-6,10-13,24H,7-9H2,1-4H3,(H,25,28)/t13-/m1/s1. The summed E-state index contributed by atoms with van der Waals surface area (Å²) in [5.74, 6) is 0.250. The molecule has 0 spiro atoms. The third kappa shape index (κ3) is 5.40. The largest absolute Gasteiger partial charge is 0.495 e. The Morgan fingerprint density at radius 3 is 2.48 bits per heavy atom.